The molecule has 39 heavy (non-hydrogen) atoms. The summed E-state index contributed by atoms with van der Waals surface area (Å²) in [6.07, 6.45) is 1.68. The summed E-state index contributed by atoms with van der Waals surface area (Å²) in [5.74, 6) is 0.784. The van der Waals surface area contributed by atoms with Crippen molar-refractivity contribution >= 4 is 46.5 Å². The Morgan fingerprint density at radius 3 is 2.59 bits per heavy atom. The van der Waals surface area contributed by atoms with Crippen molar-refractivity contribution in [2.24, 2.45) is 5.92 Å². The minimum absolute atomic E-state index is 0.0201. The number of carbonyl (C=O) groups excluding carboxylic acids is 4. The van der Waals surface area contributed by atoms with E-state index in [9.17, 15) is 19.2 Å². The molecule has 1 unspecified atom stereocenters. The van der Waals surface area contributed by atoms with Crippen LogP contribution in [-0.4, -0.2) is 74.9 Å². The lowest BCUT2D eigenvalue weighted by atomic mass is 10.1. The van der Waals surface area contributed by atoms with Crippen LogP contribution in [0.2, 0.25) is 0 Å². The maximum atomic E-state index is 12.9. The topological polar surface area (TPSA) is 124 Å². The first-order valence-electron chi connectivity index (χ1n) is 12.3. The van der Waals surface area contributed by atoms with Crippen LogP contribution in [0.4, 0.5) is 10.5 Å². The molecule has 0 bridgehead atoms. The van der Waals surface area contributed by atoms with E-state index in [1.165, 1.54) is 14.2 Å². The first kappa shape index (κ1) is 26.4. The number of anilines is 1. The van der Waals surface area contributed by atoms with Crippen LogP contribution in [0.25, 0.3) is 6.08 Å². The van der Waals surface area contributed by atoms with Gasteiger partial charge in [0.15, 0.2) is 23.0 Å². The van der Waals surface area contributed by atoms with Gasteiger partial charge in [-0.25, -0.2) is 0 Å². The third-order valence-electron chi connectivity index (χ3n) is 6.55. The zero-order valence-corrected chi connectivity index (χ0v) is 22.2. The SMILES string of the molecule is COc1ccc(/C=C2\SC(=O)N(CCNC(=O)C3CC(=O)N(c4ccc5c(c4)OCCO5)C3)C2=O)cc1OC. The number of methoxy groups -OCH3 is 2. The molecular formula is C27H27N3O8S. The van der Waals surface area contributed by atoms with E-state index in [0.29, 0.717) is 47.5 Å². The van der Waals surface area contributed by atoms with E-state index in [-0.39, 0.29) is 42.8 Å². The van der Waals surface area contributed by atoms with Crippen molar-refractivity contribution in [2.75, 3.05) is 52.0 Å². The van der Waals surface area contributed by atoms with Crippen LogP contribution in [0.1, 0.15) is 12.0 Å². The largest absolute Gasteiger partial charge is 0.493 e. The van der Waals surface area contributed by atoms with E-state index < -0.39 is 17.1 Å². The number of hydrogen-bond donors (Lipinski definition) is 1. The number of imide groups is 1. The van der Waals surface area contributed by atoms with Gasteiger partial charge in [0.2, 0.25) is 11.8 Å². The molecule has 12 heteroatoms. The molecule has 0 saturated carbocycles. The third-order valence-corrected chi connectivity index (χ3v) is 7.45. The van der Waals surface area contributed by atoms with E-state index in [0.717, 1.165) is 16.7 Å². The van der Waals surface area contributed by atoms with Crippen molar-refractivity contribution in [1.29, 1.82) is 0 Å². The zero-order chi connectivity index (χ0) is 27.5. The first-order valence-corrected chi connectivity index (χ1v) is 13.1. The number of ether oxygens (including phenoxy) is 4. The first-order chi connectivity index (χ1) is 18.9. The average Bonchev–Trinajstić information content (AvgIpc) is 3.47. The number of benzene rings is 2. The Labute approximate surface area is 229 Å². The molecule has 0 aromatic heterocycles. The van der Waals surface area contributed by atoms with Gasteiger partial charge in [0, 0.05) is 37.8 Å². The fourth-order valence-electron chi connectivity index (χ4n) is 4.55. The van der Waals surface area contributed by atoms with Gasteiger partial charge in [-0.1, -0.05) is 6.07 Å². The van der Waals surface area contributed by atoms with Crippen LogP contribution in [0.15, 0.2) is 41.3 Å². The normalized spacial score (nSPS) is 19.6. The summed E-state index contributed by atoms with van der Waals surface area (Å²) in [4.78, 5) is 53.7. The highest BCUT2D eigenvalue weighted by molar-refractivity contribution is 8.18. The lowest BCUT2D eigenvalue weighted by Crippen LogP contribution is -2.40. The van der Waals surface area contributed by atoms with E-state index in [4.69, 9.17) is 18.9 Å². The Bertz CT molecular complexity index is 1360. The summed E-state index contributed by atoms with van der Waals surface area (Å²) in [7, 11) is 3.05. The van der Waals surface area contributed by atoms with Gasteiger partial charge >= 0.3 is 0 Å². The Morgan fingerprint density at radius 2 is 1.82 bits per heavy atom. The standard InChI is InChI=1S/C27H27N3O8S/c1-35-19-5-3-16(11-21(19)36-2)12-23-26(33)29(27(34)39-23)8-7-28-25(32)17-13-24(31)30(15-17)18-4-6-20-22(14-18)38-10-9-37-20/h3-6,11-12,14,17H,7-10,13,15H2,1-2H3,(H,28,32)/b23-12-. The van der Waals surface area contributed by atoms with Gasteiger partial charge in [-0.2, -0.15) is 0 Å². The molecule has 2 aromatic carbocycles. The summed E-state index contributed by atoms with van der Waals surface area (Å²) < 4.78 is 21.6. The number of fused-ring (bicyclic) bond motifs is 1. The molecular weight excluding hydrogens is 526 g/mol. The number of rotatable bonds is 8. The minimum atomic E-state index is -0.550. The predicted octanol–water partition coefficient (Wildman–Crippen LogP) is 2.68. The Balaban J connectivity index is 1.15. The van der Waals surface area contributed by atoms with E-state index in [1.807, 2.05) is 0 Å². The van der Waals surface area contributed by atoms with Gasteiger partial charge in [-0.3, -0.25) is 24.1 Å². The molecule has 11 nitrogen and oxygen atoms in total. The number of carbonyl (C=O) groups is 4. The lowest BCUT2D eigenvalue weighted by molar-refractivity contribution is -0.127. The summed E-state index contributed by atoms with van der Waals surface area (Å²) in [6.45, 7) is 1.23. The second-order valence-corrected chi connectivity index (χ2v) is 9.97. The highest BCUT2D eigenvalue weighted by Crippen LogP contribution is 2.36. The molecule has 2 saturated heterocycles. The molecule has 3 aliphatic heterocycles. The van der Waals surface area contributed by atoms with Gasteiger partial charge in [-0.05, 0) is 47.7 Å². The van der Waals surface area contributed by atoms with Crippen LogP contribution in [0.3, 0.4) is 0 Å². The number of amides is 4. The summed E-state index contributed by atoms with van der Waals surface area (Å²) >= 11 is 0.835. The Hall–Kier alpha value is -4.19. The average molecular weight is 554 g/mol. The second kappa shape index (κ2) is 11.3. The molecule has 0 radical (unpaired) electrons. The predicted molar refractivity (Wildman–Crippen MR) is 143 cm³/mol. The molecule has 3 heterocycles. The summed E-state index contributed by atoms with van der Waals surface area (Å²) in [6, 6.07) is 10.4. The molecule has 204 valence electrons. The van der Waals surface area contributed by atoms with Crippen LogP contribution in [0.5, 0.6) is 23.0 Å². The van der Waals surface area contributed by atoms with Gasteiger partial charge in [0.25, 0.3) is 11.1 Å². The second-order valence-electron chi connectivity index (χ2n) is 8.97. The maximum Gasteiger partial charge on any atom is 0.293 e. The van der Waals surface area contributed by atoms with Gasteiger partial charge < -0.3 is 29.2 Å². The molecule has 2 fully saturated rings. The van der Waals surface area contributed by atoms with Gasteiger partial charge in [0.05, 0.1) is 25.0 Å². The highest BCUT2D eigenvalue weighted by atomic mass is 32.2. The minimum Gasteiger partial charge on any atom is -0.493 e. The summed E-state index contributed by atoms with van der Waals surface area (Å²) in [5.41, 5.74) is 1.32. The Kier molecular flexibility index (Phi) is 7.64. The van der Waals surface area contributed by atoms with Crippen molar-refractivity contribution in [1.82, 2.24) is 10.2 Å². The smallest absolute Gasteiger partial charge is 0.293 e. The van der Waals surface area contributed by atoms with Crippen LogP contribution >= 0.6 is 11.8 Å². The molecule has 0 aliphatic carbocycles. The fraction of sp³-hybridized carbons (Fsp3) is 0.333. The highest BCUT2D eigenvalue weighted by Gasteiger charge is 2.37. The maximum absolute atomic E-state index is 12.9. The Morgan fingerprint density at radius 1 is 1.05 bits per heavy atom. The number of nitrogens with zero attached hydrogens (tertiary/aromatic N) is 2. The number of nitrogens with one attached hydrogen (secondary N) is 1. The van der Waals surface area contributed by atoms with Gasteiger partial charge in [0.1, 0.15) is 13.2 Å². The van der Waals surface area contributed by atoms with Crippen molar-refractivity contribution in [3.63, 3.8) is 0 Å². The van der Waals surface area contributed by atoms with Crippen molar-refractivity contribution in [2.45, 2.75) is 6.42 Å². The lowest BCUT2D eigenvalue weighted by Gasteiger charge is -2.22. The quantitative estimate of drug-likeness (QED) is 0.492. The van der Waals surface area contributed by atoms with Crippen molar-refractivity contribution in [3.8, 4) is 23.0 Å². The van der Waals surface area contributed by atoms with Crippen LogP contribution in [0, 0.1) is 5.92 Å². The van der Waals surface area contributed by atoms with E-state index >= 15 is 0 Å². The van der Waals surface area contributed by atoms with E-state index in [2.05, 4.69) is 5.32 Å². The number of thioether (sulfide) groups is 1. The molecule has 2 aromatic rings. The molecule has 4 amide bonds. The summed E-state index contributed by atoms with van der Waals surface area (Å²) in [5, 5.41) is 2.34. The van der Waals surface area contributed by atoms with Gasteiger partial charge in [-0.15, -0.1) is 0 Å². The molecule has 1 atom stereocenters. The zero-order valence-electron chi connectivity index (χ0n) is 21.4. The van der Waals surface area contributed by atoms with Crippen molar-refractivity contribution < 1.29 is 38.1 Å². The van der Waals surface area contributed by atoms with E-state index in [1.54, 1.807) is 47.4 Å². The van der Waals surface area contributed by atoms with Crippen LogP contribution in [-0.2, 0) is 14.4 Å². The molecule has 1 N–H and O–H groups in total. The third kappa shape index (κ3) is 5.51. The monoisotopic (exact) mass is 553 g/mol. The molecule has 3 aliphatic rings. The van der Waals surface area contributed by atoms with Crippen LogP contribution < -0.4 is 29.2 Å². The number of hydrogen-bond acceptors (Lipinski definition) is 9. The fourth-order valence-corrected chi connectivity index (χ4v) is 5.42. The molecule has 5 rings (SSSR count). The van der Waals surface area contributed by atoms with Crippen molar-refractivity contribution in [3.05, 3.63) is 46.9 Å². The molecule has 0 spiro atoms.